The molecule has 0 radical (unpaired) electrons. The lowest BCUT2D eigenvalue weighted by molar-refractivity contribution is -0.114. The molecule has 1 atom stereocenters. The van der Waals surface area contributed by atoms with Crippen LogP contribution in [0.3, 0.4) is 0 Å². The number of benzene rings is 2. The topological polar surface area (TPSA) is 95.6 Å². The standard InChI is InChI=1S/C29H30ClFN6O3/c1-17(38)32-26-12-19(13-27(33-26)36-8-7-21(16-36)34(2)3)23-15-20(31)14-22(28(23)39)18-5-6-25(24(30)11-18)37-10-9-35(4)29(37)40/h5-6,9-15,21,39H,7-8,16H2,1-4H3,(H,32,33,38). The molecule has 40 heavy (non-hydrogen) atoms. The maximum Gasteiger partial charge on any atom is 0.332 e. The van der Waals surface area contributed by atoms with E-state index in [9.17, 15) is 14.7 Å². The summed E-state index contributed by atoms with van der Waals surface area (Å²) in [5.41, 5.74) is 1.65. The van der Waals surface area contributed by atoms with Crippen molar-refractivity contribution in [2.45, 2.75) is 19.4 Å². The van der Waals surface area contributed by atoms with Crippen LogP contribution in [0, 0.1) is 5.82 Å². The van der Waals surface area contributed by atoms with Gasteiger partial charge in [-0.05, 0) is 68.0 Å². The fourth-order valence-electron chi connectivity index (χ4n) is 5.01. The fraction of sp³-hybridized carbons (Fsp3) is 0.276. The SMILES string of the molecule is CC(=O)Nc1cc(-c2cc(F)cc(-c3ccc(-n4ccn(C)c4=O)c(Cl)c3)c2O)cc(N2CCC(N(C)C)C2)n1. The van der Waals surface area contributed by atoms with Crippen LogP contribution >= 0.6 is 11.6 Å². The van der Waals surface area contributed by atoms with Gasteiger partial charge in [-0.3, -0.25) is 9.36 Å². The van der Waals surface area contributed by atoms with Crippen molar-refractivity contribution in [2.24, 2.45) is 7.05 Å². The van der Waals surface area contributed by atoms with E-state index in [2.05, 4.69) is 20.1 Å². The van der Waals surface area contributed by atoms with Crippen LogP contribution in [0.5, 0.6) is 5.75 Å². The Hall–Kier alpha value is -4.15. The summed E-state index contributed by atoms with van der Waals surface area (Å²) < 4.78 is 17.9. The molecule has 11 heteroatoms. The molecular formula is C29H30ClFN6O3. The molecule has 0 saturated carbocycles. The molecule has 4 aromatic rings. The molecule has 0 aliphatic carbocycles. The number of pyridine rings is 1. The second kappa shape index (κ2) is 10.8. The number of nitrogens with one attached hydrogen (secondary N) is 1. The quantitative estimate of drug-likeness (QED) is 0.358. The third-order valence-corrected chi connectivity index (χ3v) is 7.49. The van der Waals surface area contributed by atoms with Crippen molar-refractivity contribution in [2.75, 3.05) is 37.4 Å². The normalized spacial score (nSPS) is 15.2. The highest BCUT2D eigenvalue weighted by molar-refractivity contribution is 6.32. The summed E-state index contributed by atoms with van der Waals surface area (Å²) >= 11 is 6.54. The number of nitrogens with zero attached hydrogens (tertiary/aromatic N) is 5. The minimum Gasteiger partial charge on any atom is -0.507 e. The zero-order valence-corrected chi connectivity index (χ0v) is 23.4. The number of carbonyl (C=O) groups is 1. The number of imidazole rings is 1. The number of aryl methyl sites for hydroxylation is 1. The molecule has 208 valence electrons. The van der Waals surface area contributed by atoms with Crippen molar-refractivity contribution in [1.82, 2.24) is 19.0 Å². The summed E-state index contributed by atoms with van der Waals surface area (Å²) in [5.74, 6) is -0.0773. The van der Waals surface area contributed by atoms with Crippen LogP contribution in [-0.2, 0) is 11.8 Å². The second-order valence-corrected chi connectivity index (χ2v) is 10.6. The number of carbonyl (C=O) groups excluding carboxylic acids is 1. The summed E-state index contributed by atoms with van der Waals surface area (Å²) in [4.78, 5) is 33.1. The van der Waals surface area contributed by atoms with Crippen LogP contribution < -0.4 is 15.9 Å². The van der Waals surface area contributed by atoms with E-state index >= 15 is 4.39 Å². The lowest BCUT2D eigenvalue weighted by Gasteiger charge is -2.22. The van der Waals surface area contributed by atoms with E-state index in [1.807, 2.05) is 14.1 Å². The van der Waals surface area contributed by atoms with E-state index in [1.54, 1.807) is 49.8 Å². The Bertz CT molecular complexity index is 1660. The van der Waals surface area contributed by atoms with Crippen LogP contribution in [-0.4, -0.2) is 63.3 Å². The maximum absolute atomic E-state index is 15.0. The molecule has 0 spiro atoms. The van der Waals surface area contributed by atoms with Crippen LogP contribution in [0.4, 0.5) is 16.0 Å². The smallest absolute Gasteiger partial charge is 0.332 e. The Balaban J connectivity index is 1.58. The number of halogens is 2. The Labute approximate surface area is 236 Å². The Morgan fingerprint density at radius 3 is 2.45 bits per heavy atom. The van der Waals surface area contributed by atoms with Gasteiger partial charge in [-0.25, -0.2) is 14.2 Å². The van der Waals surface area contributed by atoms with Gasteiger partial charge < -0.3 is 24.8 Å². The van der Waals surface area contributed by atoms with Gasteiger partial charge in [-0.15, -0.1) is 0 Å². The van der Waals surface area contributed by atoms with Gasteiger partial charge in [0.1, 0.15) is 23.2 Å². The Morgan fingerprint density at radius 1 is 1.12 bits per heavy atom. The highest BCUT2D eigenvalue weighted by atomic mass is 35.5. The summed E-state index contributed by atoms with van der Waals surface area (Å²) in [7, 11) is 5.70. The minimum atomic E-state index is -0.560. The molecule has 3 heterocycles. The zero-order valence-electron chi connectivity index (χ0n) is 22.7. The Kier molecular flexibility index (Phi) is 7.39. The first-order valence-corrected chi connectivity index (χ1v) is 13.2. The van der Waals surface area contributed by atoms with E-state index in [0.29, 0.717) is 34.5 Å². The van der Waals surface area contributed by atoms with Gasteiger partial charge in [0, 0.05) is 56.6 Å². The van der Waals surface area contributed by atoms with Crippen molar-refractivity contribution in [3.8, 4) is 33.7 Å². The molecule has 2 aromatic carbocycles. The lowest BCUT2D eigenvalue weighted by Crippen LogP contribution is -2.31. The molecule has 0 bridgehead atoms. The van der Waals surface area contributed by atoms with Gasteiger partial charge >= 0.3 is 5.69 Å². The predicted octanol–water partition coefficient (Wildman–Crippen LogP) is 4.50. The molecular weight excluding hydrogens is 535 g/mol. The average molecular weight is 565 g/mol. The van der Waals surface area contributed by atoms with E-state index in [-0.39, 0.29) is 33.5 Å². The first-order chi connectivity index (χ1) is 19.0. The number of aromatic hydroxyl groups is 1. The maximum atomic E-state index is 15.0. The molecule has 5 rings (SSSR count). The number of hydrogen-bond acceptors (Lipinski definition) is 6. The van der Waals surface area contributed by atoms with Crippen LogP contribution in [0.15, 0.2) is 59.7 Å². The summed E-state index contributed by atoms with van der Waals surface area (Å²) in [5, 5.41) is 14.4. The van der Waals surface area contributed by atoms with Crippen LogP contribution in [0.25, 0.3) is 27.9 Å². The number of amides is 1. The third-order valence-electron chi connectivity index (χ3n) is 7.18. The van der Waals surface area contributed by atoms with E-state index in [0.717, 1.165) is 19.5 Å². The number of phenols is 1. The number of hydrogen-bond donors (Lipinski definition) is 2. The van der Waals surface area contributed by atoms with E-state index < -0.39 is 5.82 Å². The summed E-state index contributed by atoms with van der Waals surface area (Å²) in [6, 6.07) is 11.1. The first kappa shape index (κ1) is 27.4. The highest BCUT2D eigenvalue weighted by Gasteiger charge is 2.26. The molecule has 1 amide bonds. The number of rotatable bonds is 6. The lowest BCUT2D eigenvalue weighted by atomic mass is 9.97. The highest BCUT2D eigenvalue weighted by Crippen LogP contribution is 2.41. The number of likely N-dealkylation sites (N-methyl/N-ethyl adjacent to an activating group) is 1. The van der Waals surface area contributed by atoms with E-state index in [4.69, 9.17) is 11.6 Å². The largest absolute Gasteiger partial charge is 0.507 e. The summed E-state index contributed by atoms with van der Waals surface area (Å²) in [6.07, 6.45) is 4.18. The molecule has 2 aromatic heterocycles. The molecule has 1 aliphatic heterocycles. The van der Waals surface area contributed by atoms with Crippen molar-refractivity contribution >= 4 is 29.1 Å². The molecule has 1 saturated heterocycles. The first-order valence-electron chi connectivity index (χ1n) is 12.8. The van der Waals surface area contributed by atoms with Crippen molar-refractivity contribution < 1.29 is 14.3 Å². The van der Waals surface area contributed by atoms with Crippen molar-refractivity contribution in [3.63, 3.8) is 0 Å². The van der Waals surface area contributed by atoms with Gasteiger partial charge in [0.15, 0.2) is 0 Å². The van der Waals surface area contributed by atoms with Gasteiger partial charge in [0.05, 0.1) is 10.7 Å². The fourth-order valence-corrected chi connectivity index (χ4v) is 5.28. The minimum absolute atomic E-state index is 0.152. The molecule has 9 nitrogen and oxygen atoms in total. The average Bonchev–Trinajstić information content (AvgIpc) is 3.52. The molecule has 1 unspecified atom stereocenters. The van der Waals surface area contributed by atoms with E-state index in [1.165, 1.54) is 28.2 Å². The predicted molar refractivity (Wildman–Crippen MR) is 155 cm³/mol. The van der Waals surface area contributed by atoms with Gasteiger partial charge in [0.25, 0.3) is 0 Å². The molecule has 2 N–H and O–H groups in total. The van der Waals surface area contributed by atoms with Crippen molar-refractivity contribution in [1.29, 1.82) is 0 Å². The van der Waals surface area contributed by atoms with Crippen LogP contribution in [0.2, 0.25) is 5.02 Å². The van der Waals surface area contributed by atoms with Gasteiger partial charge in [-0.2, -0.15) is 0 Å². The third kappa shape index (κ3) is 5.32. The molecule has 1 fully saturated rings. The summed E-state index contributed by atoms with van der Waals surface area (Å²) in [6.45, 7) is 2.91. The van der Waals surface area contributed by atoms with Gasteiger partial charge in [-0.1, -0.05) is 17.7 Å². The van der Waals surface area contributed by atoms with Crippen LogP contribution in [0.1, 0.15) is 13.3 Å². The Morgan fingerprint density at radius 2 is 1.85 bits per heavy atom. The van der Waals surface area contributed by atoms with Crippen molar-refractivity contribution in [3.05, 3.63) is 76.2 Å². The monoisotopic (exact) mass is 564 g/mol. The van der Waals surface area contributed by atoms with Gasteiger partial charge in [0.2, 0.25) is 5.91 Å². The second-order valence-electron chi connectivity index (χ2n) is 10.2. The number of phenolic OH excluding ortho intramolecular Hbond substituents is 1. The number of aromatic nitrogens is 3. The zero-order chi connectivity index (χ0) is 28.7. The number of anilines is 2. The molecule has 1 aliphatic rings.